The summed E-state index contributed by atoms with van der Waals surface area (Å²) in [6.07, 6.45) is 3.29. The number of rotatable bonds is 4. The van der Waals surface area contributed by atoms with Crippen LogP contribution in [0.4, 0.5) is 9.52 Å². The number of hydrogen-bond donors (Lipinski definition) is 0. The maximum atomic E-state index is 14.1. The van der Waals surface area contributed by atoms with Crippen molar-refractivity contribution >= 4 is 32.6 Å². The summed E-state index contributed by atoms with van der Waals surface area (Å²) in [5.74, 6) is -0.365. The number of benzene rings is 2. The van der Waals surface area contributed by atoms with E-state index < -0.39 is 5.82 Å². The normalized spacial score (nSPS) is 11.0. The minimum absolute atomic E-state index is 0.276. The molecule has 0 spiro atoms. The first-order valence-corrected chi connectivity index (χ1v) is 8.83. The van der Waals surface area contributed by atoms with Gasteiger partial charge in [0.15, 0.2) is 11.0 Å². The Morgan fingerprint density at radius 3 is 2.69 bits per heavy atom. The van der Waals surface area contributed by atoms with Crippen molar-refractivity contribution in [3.05, 3.63) is 78.1 Å². The number of carbonyl (C=O) groups is 1. The fourth-order valence-corrected chi connectivity index (χ4v) is 3.68. The van der Waals surface area contributed by atoms with E-state index in [2.05, 4.69) is 9.97 Å². The minimum Gasteiger partial charge on any atom is -0.330 e. The van der Waals surface area contributed by atoms with E-state index in [1.165, 1.54) is 17.4 Å². The summed E-state index contributed by atoms with van der Waals surface area (Å²) in [5, 5.41) is 0.446. The molecule has 0 aliphatic heterocycles. The molecule has 0 radical (unpaired) electrons. The van der Waals surface area contributed by atoms with Crippen LogP contribution in [0.5, 0.6) is 0 Å². The third kappa shape index (κ3) is 2.97. The van der Waals surface area contributed by atoms with E-state index >= 15 is 0 Å². The van der Waals surface area contributed by atoms with Crippen LogP contribution in [0.3, 0.4) is 0 Å². The Hall–Kier alpha value is -3.06. The number of carbonyl (C=O) groups excluding carboxylic acids is 1. The average molecular weight is 366 g/mol. The molecular weight excluding hydrogens is 351 g/mol. The smallest absolute Gasteiger partial charge is 0.296 e. The predicted octanol–water partition coefficient (Wildman–Crippen LogP) is 4.02. The van der Waals surface area contributed by atoms with Gasteiger partial charge in [-0.1, -0.05) is 47.7 Å². The van der Waals surface area contributed by atoms with Gasteiger partial charge in [0.25, 0.3) is 5.91 Å². The lowest BCUT2D eigenvalue weighted by Crippen LogP contribution is -2.32. The molecule has 0 saturated carbocycles. The number of aryl methyl sites for hydroxylation is 1. The maximum Gasteiger partial charge on any atom is 0.296 e. The standard InChI is InChI=1S/C19H15FN4OS/c1-23-11-10-21-17(23)18(25)24(12-13-6-3-2-4-7-13)19-22-16-14(20)8-5-9-15(16)26-19/h2-11H,12H2,1H3. The summed E-state index contributed by atoms with van der Waals surface area (Å²) in [6.45, 7) is 0.327. The summed E-state index contributed by atoms with van der Waals surface area (Å²) < 4.78 is 16.4. The van der Waals surface area contributed by atoms with Crippen molar-refractivity contribution in [1.82, 2.24) is 14.5 Å². The molecule has 0 saturated heterocycles. The zero-order valence-corrected chi connectivity index (χ0v) is 14.8. The molecular formula is C19H15FN4OS. The van der Waals surface area contributed by atoms with Crippen LogP contribution in [-0.4, -0.2) is 20.4 Å². The Morgan fingerprint density at radius 2 is 2.00 bits per heavy atom. The van der Waals surface area contributed by atoms with Gasteiger partial charge in [-0.3, -0.25) is 9.69 Å². The Balaban J connectivity index is 1.80. The predicted molar refractivity (Wildman–Crippen MR) is 99.7 cm³/mol. The van der Waals surface area contributed by atoms with Gasteiger partial charge in [-0.05, 0) is 17.7 Å². The van der Waals surface area contributed by atoms with Crippen LogP contribution in [0.25, 0.3) is 10.2 Å². The number of halogens is 1. The third-order valence-electron chi connectivity index (χ3n) is 4.03. The fraction of sp³-hybridized carbons (Fsp3) is 0.105. The molecule has 0 N–H and O–H groups in total. The summed E-state index contributed by atoms with van der Waals surface area (Å²) in [7, 11) is 1.76. The van der Waals surface area contributed by atoms with Crippen LogP contribution in [0.2, 0.25) is 0 Å². The molecule has 5 nitrogen and oxygen atoms in total. The molecule has 7 heteroatoms. The van der Waals surface area contributed by atoms with Crippen molar-refractivity contribution in [3.63, 3.8) is 0 Å². The Bertz CT molecular complexity index is 1070. The average Bonchev–Trinajstić information content (AvgIpc) is 3.27. The number of nitrogens with zero attached hydrogens (tertiary/aromatic N) is 4. The van der Waals surface area contributed by atoms with Crippen molar-refractivity contribution in [1.29, 1.82) is 0 Å². The molecule has 0 bridgehead atoms. The Morgan fingerprint density at radius 1 is 1.19 bits per heavy atom. The first kappa shape index (κ1) is 16.4. The quantitative estimate of drug-likeness (QED) is 0.548. The van der Waals surface area contributed by atoms with Gasteiger partial charge < -0.3 is 4.57 Å². The van der Waals surface area contributed by atoms with Crippen LogP contribution < -0.4 is 4.90 Å². The van der Waals surface area contributed by atoms with E-state index in [0.717, 1.165) is 5.56 Å². The van der Waals surface area contributed by atoms with E-state index in [9.17, 15) is 9.18 Å². The molecule has 0 fully saturated rings. The molecule has 2 aromatic carbocycles. The zero-order valence-electron chi connectivity index (χ0n) is 14.0. The largest absolute Gasteiger partial charge is 0.330 e. The van der Waals surface area contributed by atoms with Gasteiger partial charge >= 0.3 is 0 Å². The highest BCUT2D eigenvalue weighted by atomic mass is 32.1. The second-order valence-electron chi connectivity index (χ2n) is 5.82. The van der Waals surface area contributed by atoms with Crippen molar-refractivity contribution in [3.8, 4) is 0 Å². The third-order valence-corrected chi connectivity index (χ3v) is 5.07. The second-order valence-corrected chi connectivity index (χ2v) is 6.83. The topological polar surface area (TPSA) is 51.0 Å². The lowest BCUT2D eigenvalue weighted by Gasteiger charge is -2.19. The van der Waals surface area contributed by atoms with E-state index in [-0.39, 0.29) is 11.4 Å². The maximum absolute atomic E-state index is 14.1. The van der Waals surface area contributed by atoms with E-state index in [1.807, 2.05) is 30.3 Å². The SMILES string of the molecule is Cn1ccnc1C(=O)N(Cc1ccccc1)c1nc2c(F)cccc2s1. The van der Waals surface area contributed by atoms with Gasteiger partial charge in [0.2, 0.25) is 0 Å². The van der Waals surface area contributed by atoms with Crippen molar-refractivity contribution < 1.29 is 9.18 Å². The number of thiazole rings is 1. The van der Waals surface area contributed by atoms with Gasteiger partial charge in [0.05, 0.1) is 11.2 Å². The molecule has 4 aromatic rings. The van der Waals surface area contributed by atoms with Crippen LogP contribution in [0.1, 0.15) is 16.2 Å². The van der Waals surface area contributed by atoms with Crippen molar-refractivity contribution in [2.45, 2.75) is 6.54 Å². The Labute approximate surface area is 153 Å². The first-order chi connectivity index (χ1) is 12.6. The highest BCUT2D eigenvalue weighted by Crippen LogP contribution is 2.31. The number of para-hydroxylation sites is 1. The molecule has 0 unspecified atom stereocenters. The molecule has 130 valence electrons. The van der Waals surface area contributed by atoms with E-state index in [0.29, 0.717) is 22.2 Å². The Kier molecular flexibility index (Phi) is 4.22. The second kappa shape index (κ2) is 6.68. The van der Waals surface area contributed by atoms with E-state index in [1.54, 1.807) is 41.0 Å². The fourth-order valence-electron chi connectivity index (χ4n) is 2.70. The summed E-state index contributed by atoms with van der Waals surface area (Å²) >= 11 is 1.29. The number of imidazole rings is 1. The minimum atomic E-state index is -0.394. The zero-order chi connectivity index (χ0) is 18.1. The molecule has 26 heavy (non-hydrogen) atoms. The van der Waals surface area contributed by atoms with Gasteiger partial charge in [-0.25, -0.2) is 14.4 Å². The summed E-state index contributed by atoms with van der Waals surface area (Å²) in [6, 6.07) is 14.4. The lowest BCUT2D eigenvalue weighted by atomic mass is 10.2. The highest BCUT2D eigenvalue weighted by molar-refractivity contribution is 7.22. The van der Waals surface area contributed by atoms with Gasteiger partial charge in [0.1, 0.15) is 11.3 Å². The van der Waals surface area contributed by atoms with E-state index in [4.69, 9.17) is 0 Å². The molecule has 1 amide bonds. The van der Waals surface area contributed by atoms with Crippen molar-refractivity contribution in [2.24, 2.45) is 7.05 Å². The van der Waals surface area contributed by atoms with Crippen molar-refractivity contribution in [2.75, 3.05) is 4.90 Å². The first-order valence-electron chi connectivity index (χ1n) is 8.01. The molecule has 0 aliphatic rings. The molecule has 0 atom stereocenters. The monoisotopic (exact) mass is 366 g/mol. The number of amides is 1. The summed E-state index contributed by atoms with van der Waals surface area (Å²) in [4.78, 5) is 23.2. The number of anilines is 1. The van der Waals surface area contributed by atoms with Gasteiger partial charge in [-0.15, -0.1) is 0 Å². The van der Waals surface area contributed by atoms with Gasteiger partial charge in [0, 0.05) is 19.4 Å². The van der Waals surface area contributed by atoms with Crippen LogP contribution >= 0.6 is 11.3 Å². The molecule has 2 aromatic heterocycles. The number of fused-ring (bicyclic) bond motifs is 1. The van der Waals surface area contributed by atoms with Crippen LogP contribution in [0, 0.1) is 5.82 Å². The van der Waals surface area contributed by atoms with Crippen LogP contribution in [-0.2, 0) is 13.6 Å². The molecule has 2 heterocycles. The highest BCUT2D eigenvalue weighted by Gasteiger charge is 2.25. The number of aromatic nitrogens is 3. The van der Waals surface area contributed by atoms with Crippen LogP contribution in [0.15, 0.2) is 60.9 Å². The van der Waals surface area contributed by atoms with Gasteiger partial charge in [-0.2, -0.15) is 0 Å². The molecule has 4 rings (SSSR count). The summed E-state index contributed by atoms with van der Waals surface area (Å²) in [5.41, 5.74) is 1.23. The lowest BCUT2D eigenvalue weighted by molar-refractivity contribution is 0.0972. The number of hydrogen-bond acceptors (Lipinski definition) is 4. The molecule has 0 aliphatic carbocycles.